The minimum absolute atomic E-state index is 0. The number of rotatable bonds is 6. The van der Waals surface area contributed by atoms with Gasteiger partial charge in [-0.25, -0.2) is 18.7 Å². The number of nitrogens with zero attached hydrogens (tertiary/aromatic N) is 6. The van der Waals surface area contributed by atoms with Gasteiger partial charge in [0.1, 0.15) is 42.5 Å². The first-order valence-electron chi connectivity index (χ1n) is 6.99. The first-order valence-corrected chi connectivity index (χ1v) is 6.99. The Balaban J connectivity index is 0.00000243. The number of aromatic nitrogens is 6. The standard InChI is InChI=1S/C14H12F2N6O3.Na/c15-10-1-2-11(12(16)3-10)14(25-13(23)24,4-21-8-17-6-19-21)5-22-9-18-7-20-22;/h1-3,6-9H,4-5H2,(H,23,24);/q;+1/p-1. The van der Waals surface area contributed by atoms with E-state index in [-0.39, 0.29) is 48.2 Å². The molecule has 3 rings (SSSR count). The summed E-state index contributed by atoms with van der Waals surface area (Å²) in [5.74, 6) is -1.80. The zero-order valence-electron chi connectivity index (χ0n) is 13.6. The number of carbonyl (C=O) groups excluding carboxylic acids is 1. The zero-order chi connectivity index (χ0) is 17.9. The molecule has 0 spiro atoms. The van der Waals surface area contributed by atoms with E-state index in [1.807, 2.05) is 0 Å². The van der Waals surface area contributed by atoms with Crippen molar-refractivity contribution >= 4 is 6.16 Å². The summed E-state index contributed by atoms with van der Waals surface area (Å²) in [6.07, 6.45) is 3.16. The summed E-state index contributed by atoms with van der Waals surface area (Å²) in [5.41, 5.74) is -2.04. The molecule has 1 aromatic carbocycles. The van der Waals surface area contributed by atoms with Crippen LogP contribution in [0.1, 0.15) is 5.56 Å². The van der Waals surface area contributed by atoms with Crippen molar-refractivity contribution in [3.8, 4) is 0 Å². The second kappa shape index (κ2) is 8.34. The minimum Gasteiger partial charge on any atom is -0.534 e. The quantitative estimate of drug-likeness (QED) is 0.337. The van der Waals surface area contributed by atoms with Crippen LogP contribution in [0.3, 0.4) is 0 Å². The molecule has 0 atom stereocenters. The van der Waals surface area contributed by atoms with Gasteiger partial charge in [-0.15, -0.1) is 0 Å². The van der Waals surface area contributed by atoms with Gasteiger partial charge in [0, 0.05) is 11.6 Å². The summed E-state index contributed by atoms with van der Waals surface area (Å²) in [4.78, 5) is 18.7. The summed E-state index contributed by atoms with van der Waals surface area (Å²) < 4.78 is 35.2. The monoisotopic (exact) mass is 372 g/mol. The molecule has 130 valence electrons. The Morgan fingerprint density at radius 1 is 1.12 bits per heavy atom. The Hall–Kier alpha value is -2.37. The number of hydrogen-bond donors (Lipinski definition) is 0. The molecule has 26 heavy (non-hydrogen) atoms. The van der Waals surface area contributed by atoms with Gasteiger partial charge in [-0.2, -0.15) is 10.2 Å². The molecule has 9 nitrogen and oxygen atoms in total. The maximum atomic E-state index is 14.4. The fraction of sp³-hybridized carbons (Fsp3) is 0.214. The van der Waals surface area contributed by atoms with E-state index in [0.29, 0.717) is 6.07 Å². The maximum Gasteiger partial charge on any atom is 1.00 e. The van der Waals surface area contributed by atoms with Gasteiger partial charge >= 0.3 is 29.6 Å². The molecular formula is C14H11F2N6NaO3. The van der Waals surface area contributed by atoms with Gasteiger partial charge in [0.25, 0.3) is 6.16 Å². The number of carboxylic acid groups (broad SMARTS) is 1. The van der Waals surface area contributed by atoms with Crippen LogP contribution in [0, 0.1) is 11.6 Å². The van der Waals surface area contributed by atoms with Crippen molar-refractivity contribution in [3.05, 3.63) is 60.7 Å². The van der Waals surface area contributed by atoms with Gasteiger partial charge in [0.2, 0.25) is 0 Å². The number of hydrogen-bond acceptors (Lipinski definition) is 7. The van der Waals surface area contributed by atoms with Crippen molar-refractivity contribution in [3.63, 3.8) is 0 Å². The molecule has 0 fully saturated rings. The second-order valence-electron chi connectivity index (χ2n) is 5.16. The third kappa shape index (κ3) is 4.42. The zero-order valence-corrected chi connectivity index (χ0v) is 15.6. The molecule has 0 aliphatic carbocycles. The van der Waals surface area contributed by atoms with Gasteiger partial charge in [-0.3, -0.25) is 9.36 Å². The van der Waals surface area contributed by atoms with Gasteiger partial charge < -0.3 is 14.6 Å². The molecule has 0 bridgehead atoms. The summed E-state index contributed by atoms with van der Waals surface area (Å²) in [6.45, 7) is -0.493. The SMILES string of the molecule is O=C([O-])OC(Cn1cncn1)(Cn1cncn1)c1ccc(F)cc1F.[Na+]. The molecule has 0 aliphatic heterocycles. The second-order valence-corrected chi connectivity index (χ2v) is 5.16. The van der Waals surface area contributed by atoms with Crippen LogP contribution in [-0.2, 0) is 23.4 Å². The summed E-state index contributed by atoms with van der Waals surface area (Å²) in [6, 6.07) is 2.72. The third-order valence-corrected chi connectivity index (χ3v) is 3.47. The van der Waals surface area contributed by atoms with Crippen LogP contribution in [0.2, 0.25) is 0 Å². The Labute approximate surface area is 167 Å². The van der Waals surface area contributed by atoms with Crippen molar-refractivity contribution in [2.45, 2.75) is 18.7 Å². The van der Waals surface area contributed by atoms with Crippen LogP contribution in [0.15, 0.2) is 43.5 Å². The smallest absolute Gasteiger partial charge is 0.534 e. The Morgan fingerprint density at radius 3 is 2.12 bits per heavy atom. The predicted octanol–water partition coefficient (Wildman–Crippen LogP) is -2.89. The van der Waals surface area contributed by atoms with E-state index in [1.54, 1.807) is 0 Å². The van der Waals surface area contributed by atoms with Crippen LogP contribution in [0.4, 0.5) is 13.6 Å². The average molecular weight is 372 g/mol. The molecule has 2 heterocycles. The van der Waals surface area contributed by atoms with Crippen molar-refractivity contribution < 1.29 is 53.0 Å². The van der Waals surface area contributed by atoms with Crippen molar-refractivity contribution in [2.24, 2.45) is 0 Å². The normalized spacial score (nSPS) is 11.0. The molecule has 0 saturated heterocycles. The van der Waals surface area contributed by atoms with Gasteiger partial charge in [-0.1, -0.05) is 6.07 Å². The van der Waals surface area contributed by atoms with Crippen molar-refractivity contribution in [2.75, 3.05) is 0 Å². The predicted molar refractivity (Wildman–Crippen MR) is 74.6 cm³/mol. The van der Waals surface area contributed by atoms with Crippen LogP contribution in [0.5, 0.6) is 0 Å². The van der Waals surface area contributed by atoms with Crippen LogP contribution in [0.25, 0.3) is 0 Å². The molecule has 0 amide bonds. The number of carbonyl (C=O) groups is 1. The molecule has 0 saturated carbocycles. The van der Waals surface area contributed by atoms with E-state index in [2.05, 4.69) is 20.2 Å². The summed E-state index contributed by atoms with van der Waals surface area (Å²) in [7, 11) is 0. The van der Waals surface area contributed by atoms with Crippen molar-refractivity contribution in [1.29, 1.82) is 0 Å². The first-order chi connectivity index (χ1) is 12.0. The Morgan fingerprint density at radius 2 is 1.69 bits per heavy atom. The minimum atomic E-state index is -1.89. The number of benzene rings is 1. The topological polar surface area (TPSA) is 111 Å². The number of ether oxygens (including phenoxy) is 1. The third-order valence-electron chi connectivity index (χ3n) is 3.47. The number of halogens is 2. The molecule has 12 heteroatoms. The van der Waals surface area contributed by atoms with E-state index in [0.717, 1.165) is 12.1 Å². The van der Waals surface area contributed by atoms with Crippen LogP contribution < -0.4 is 34.7 Å². The maximum absolute atomic E-state index is 14.4. The Bertz CT molecular complexity index is 823. The average Bonchev–Trinajstić information content (AvgIpc) is 3.20. The molecule has 0 unspecified atom stereocenters. The first kappa shape index (κ1) is 19.9. The fourth-order valence-electron chi connectivity index (χ4n) is 2.51. The van der Waals surface area contributed by atoms with Gasteiger partial charge in [0.15, 0.2) is 0 Å². The molecule has 2 aromatic heterocycles. The van der Waals surface area contributed by atoms with Gasteiger partial charge in [0.05, 0.1) is 13.1 Å². The molecule has 0 N–H and O–H groups in total. The molecule has 0 radical (unpaired) electrons. The summed E-state index contributed by atoms with van der Waals surface area (Å²) >= 11 is 0. The van der Waals surface area contributed by atoms with Crippen LogP contribution >= 0.6 is 0 Å². The van der Waals surface area contributed by atoms with Gasteiger partial charge in [-0.05, 0) is 6.07 Å². The van der Waals surface area contributed by atoms with E-state index < -0.39 is 23.4 Å². The van der Waals surface area contributed by atoms with E-state index in [1.165, 1.54) is 34.7 Å². The molecule has 0 aliphatic rings. The molecular weight excluding hydrogens is 361 g/mol. The fourth-order valence-corrected chi connectivity index (χ4v) is 2.51. The van der Waals surface area contributed by atoms with Crippen molar-refractivity contribution in [1.82, 2.24) is 29.5 Å². The van der Waals surface area contributed by atoms with E-state index in [4.69, 9.17) is 4.74 Å². The Kier molecular flexibility index (Phi) is 6.40. The van der Waals surface area contributed by atoms with E-state index in [9.17, 15) is 18.7 Å². The molecule has 3 aromatic rings. The summed E-state index contributed by atoms with van der Waals surface area (Å²) in [5, 5.41) is 19.0. The van der Waals surface area contributed by atoms with Crippen LogP contribution in [-0.4, -0.2) is 35.7 Å². The largest absolute Gasteiger partial charge is 1.00 e. The van der Waals surface area contributed by atoms with E-state index >= 15 is 0 Å².